The summed E-state index contributed by atoms with van der Waals surface area (Å²) in [4.78, 5) is 27.4. The lowest BCUT2D eigenvalue weighted by Gasteiger charge is -2.34. The van der Waals surface area contributed by atoms with E-state index in [2.05, 4.69) is 15.3 Å². The molecule has 31 heavy (non-hydrogen) atoms. The molecule has 0 spiro atoms. The van der Waals surface area contributed by atoms with E-state index in [-0.39, 0.29) is 23.2 Å². The summed E-state index contributed by atoms with van der Waals surface area (Å²) in [5.74, 6) is 0.365. The van der Waals surface area contributed by atoms with E-state index >= 15 is 0 Å². The molecule has 2 heterocycles. The Kier molecular flexibility index (Phi) is 6.99. The van der Waals surface area contributed by atoms with Crippen LogP contribution >= 0.6 is 0 Å². The predicted octanol–water partition coefficient (Wildman–Crippen LogP) is 3.82. The minimum atomic E-state index is -0.359. The summed E-state index contributed by atoms with van der Waals surface area (Å²) < 4.78 is 14.5. The van der Waals surface area contributed by atoms with E-state index in [9.17, 15) is 14.0 Å². The third kappa shape index (κ3) is 5.51. The van der Waals surface area contributed by atoms with Crippen LogP contribution in [0.5, 0.6) is 0 Å². The highest BCUT2D eigenvalue weighted by Gasteiger charge is 2.28. The van der Waals surface area contributed by atoms with E-state index < -0.39 is 0 Å². The SMILES string of the molecule is O=C(NC1CCCCCCC1)[C@@H]1CCCN(c2ccc(=O)n(-c3ccc(F)cc3)n2)C1. The summed E-state index contributed by atoms with van der Waals surface area (Å²) in [6, 6.07) is 9.17. The highest BCUT2D eigenvalue weighted by molar-refractivity contribution is 5.79. The average molecular weight is 427 g/mol. The molecule has 166 valence electrons. The van der Waals surface area contributed by atoms with E-state index in [0.29, 0.717) is 24.1 Å². The number of piperidine rings is 1. The second kappa shape index (κ2) is 10.1. The monoisotopic (exact) mass is 426 g/mol. The van der Waals surface area contributed by atoms with Crippen LogP contribution in [0.3, 0.4) is 0 Å². The van der Waals surface area contributed by atoms with Crippen molar-refractivity contribution in [3.05, 3.63) is 52.6 Å². The summed E-state index contributed by atoms with van der Waals surface area (Å²) in [6.45, 7) is 1.38. The highest BCUT2D eigenvalue weighted by atomic mass is 19.1. The molecule has 6 nitrogen and oxygen atoms in total. The lowest BCUT2D eigenvalue weighted by Crippen LogP contribution is -2.46. The zero-order valence-electron chi connectivity index (χ0n) is 17.9. The van der Waals surface area contributed by atoms with Crippen molar-refractivity contribution in [2.75, 3.05) is 18.0 Å². The molecule has 2 aromatic rings. The van der Waals surface area contributed by atoms with Crippen molar-refractivity contribution < 1.29 is 9.18 Å². The standard InChI is InChI=1S/C24H31FN4O2/c25-19-10-12-21(13-11-19)29-23(30)15-14-22(27-29)28-16-6-7-18(17-28)24(31)26-20-8-4-2-1-3-5-9-20/h10-15,18,20H,1-9,16-17H2,(H,26,31)/t18-/m1/s1. The molecule has 1 N–H and O–H groups in total. The van der Waals surface area contributed by atoms with Gasteiger partial charge in [0.25, 0.3) is 5.56 Å². The summed E-state index contributed by atoms with van der Waals surface area (Å²) in [6.07, 6.45) is 10.1. The van der Waals surface area contributed by atoms with Crippen LogP contribution in [0.1, 0.15) is 57.8 Å². The van der Waals surface area contributed by atoms with Crippen LogP contribution in [0, 0.1) is 11.7 Å². The van der Waals surface area contributed by atoms with E-state index in [0.717, 1.165) is 32.2 Å². The zero-order valence-corrected chi connectivity index (χ0v) is 17.9. The molecule has 1 saturated carbocycles. The van der Waals surface area contributed by atoms with Crippen LogP contribution in [-0.2, 0) is 4.79 Å². The quantitative estimate of drug-likeness (QED) is 0.807. The molecule has 0 radical (unpaired) electrons. The number of anilines is 1. The fraction of sp³-hybridized carbons (Fsp3) is 0.542. The number of amides is 1. The maximum absolute atomic E-state index is 13.2. The Balaban J connectivity index is 1.44. The van der Waals surface area contributed by atoms with Gasteiger partial charge in [-0.15, -0.1) is 5.10 Å². The molecule has 4 rings (SSSR count). The first-order valence-corrected chi connectivity index (χ1v) is 11.5. The topological polar surface area (TPSA) is 67.2 Å². The Morgan fingerprint density at radius 1 is 0.935 bits per heavy atom. The number of nitrogens with zero attached hydrogens (tertiary/aromatic N) is 3. The second-order valence-corrected chi connectivity index (χ2v) is 8.75. The maximum Gasteiger partial charge on any atom is 0.271 e. The Labute approximate surface area is 182 Å². The van der Waals surface area contributed by atoms with Gasteiger partial charge in [-0.2, -0.15) is 4.68 Å². The van der Waals surface area contributed by atoms with Crippen molar-refractivity contribution in [2.24, 2.45) is 5.92 Å². The molecule has 1 aromatic carbocycles. The number of carbonyl (C=O) groups is 1. The van der Waals surface area contributed by atoms with Gasteiger partial charge in [-0.3, -0.25) is 9.59 Å². The molecule has 0 bridgehead atoms. The molecule has 1 amide bonds. The van der Waals surface area contributed by atoms with Gasteiger partial charge in [-0.05, 0) is 56.0 Å². The van der Waals surface area contributed by atoms with Gasteiger partial charge < -0.3 is 10.2 Å². The molecule has 0 unspecified atom stereocenters. The number of nitrogens with one attached hydrogen (secondary N) is 1. The molecule has 1 aliphatic carbocycles. The molecule has 2 aliphatic rings. The number of hydrogen-bond donors (Lipinski definition) is 1. The molecule has 1 aromatic heterocycles. The van der Waals surface area contributed by atoms with Crippen molar-refractivity contribution >= 4 is 11.7 Å². The van der Waals surface area contributed by atoms with Gasteiger partial charge in [0.2, 0.25) is 5.91 Å². The first-order valence-electron chi connectivity index (χ1n) is 11.5. The van der Waals surface area contributed by atoms with Gasteiger partial charge in [0, 0.05) is 25.2 Å². The summed E-state index contributed by atoms with van der Waals surface area (Å²) in [7, 11) is 0. The molecule has 1 atom stereocenters. The lowest BCUT2D eigenvalue weighted by atomic mass is 9.94. The number of benzene rings is 1. The lowest BCUT2D eigenvalue weighted by molar-refractivity contribution is -0.126. The molecular formula is C24H31FN4O2. The van der Waals surface area contributed by atoms with Crippen LogP contribution in [0.2, 0.25) is 0 Å². The molecule has 7 heteroatoms. The largest absolute Gasteiger partial charge is 0.354 e. The minimum Gasteiger partial charge on any atom is -0.354 e. The van der Waals surface area contributed by atoms with E-state index in [1.165, 1.54) is 67.1 Å². The van der Waals surface area contributed by atoms with Gasteiger partial charge in [0.05, 0.1) is 11.6 Å². The fourth-order valence-corrected chi connectivity index (χ4v) is 4.66. The molecule has 1 aliphatic heterocycles. The van der Waals surface area contributed by atoms with Crippen molar-refractivity contribution in [3.8, 4) is 5.69 Å². The zero-order chi connectivity index (χ0) is 21.6. The third-order valence-corrected chi connectivity index (χ3v) is 6.43. The van der Waals surface area contributed by atoms with Crippen molar-refractivity contribution in [1.29, 1.82) is 0 Å². The van der Waals surface area contributed by atoms with Crippen LogP contribution in [0.25, 0.3) is 5.69 Å². The maximum atomic E-state index is 13.2. The van der Waals surface area contributed by atoms with Gasteiger partial charge in [-0.1, -0.05) is 32.1 Å². The minimum absolute atomic E-state index is 0.0767. The van der Waals surface area contributed by atoms with Crippen molar-refractivity contribution in [1.82, 2.24) is 15.1 Å². The first kappa shape index (κ1) is 21.5. The van der Waals surface area contributed by atoms with Crippen LogP contribution in [0.15, 0.2) is 41.2 Å². The highest BCUT2D eigenvalue weighted by Crippen LogP contribution is 2.23. The van der Waals surface area contributed by atoms with E-state index in [1.54, 1.807) is 6.07 Å². The number of rotatable bonds is 4. The summed E-state index contributed by atoms with van der Waals surface area (Å²) in [5, 5.41) is 7.81. The smallest absolute Gasteiger partial charge is 0.271 e. The fourth-order valence-electron chi connectivity index (χ4n) is 4.66. The van der Waals surface area contributed by atoms with Crippen molar-refractivity contribution in [3.63, 3.8) is 0 Å². The van der Waals surface area contributed by atoms with Crippen molar-refractivity contribution in [2.45, 2.75) is 63.8 Å². The second-order valence-electron chi connectivity index (χ2n) is 8.75. The van der Waals surface area contributed by atoms with Gasteiger partial charge in [0.15, 0.2) is 0 Å². The van der Waals surface area contributed by atoms with E-state index in [4.69, 9.17) is 0 Å². The molecule has 1 saturated heterocycles. The van der Waals surface area contributed by atoms with Crippen LogP contribution in [0.4, 0.5) is 10.2 Å². The Morgan fingerprint density at radius 2 is 1.65 bits per heavy atom. The van der Waals surface area contributed by atoms with Gasteiger partial charge >= 0.3 is 0 Å². The van der Waals surface area contributed by atoms with Crippen LogP contribution < -0.4 is 15.8 Å². The number of hydrogen-bond acceptors (Lipinski definition) is 4. The first-order chi connectivity index (χ1) is 15.1. The van der Waals surface area contributed by atoms with E-state index in [1.807, 2.05) is 0 Å². The Morgan fingerprint density at radius 3 is 2.39 bits per heavy atom. The average Bonchev–Trinajstić information content (AvgIpc) is 2.76. The predicted molar refractivity (Wildman–Crippen MR) is 119 cm³/mol. The third-order valence-electron chi connectivity index (χ3n) is 6.43. The summed E-state index contributed by atoms with van der Waals surface area (Å²) in [5.41, 5.74) is 0.245. The number of aromatic nitrogens is 2. The Bertz CT molecular complexity index is 935. The Hall–Kier alpha value is -2.70. The molecule has 2 fully saturated rings. The summed E-state index contributed by atoms with van der Waals surface area (Å²) >= 11 is 0. The number of carbonyl (C=O) groups excluding carboxylic acids is 1. The molecular weight excluding hydrogens is 395 g/mol. The normalized spacial score (nSPS) is 20.7. The number of halogens is 1. The van der Waals surface area contributed by atoms with Gasteiger partial charge in [-0.25, -0.2) is 4.39 Å². The van der Waals surface area contributed by atoms with Crippen LogP contribution in [-0.4, -0.2) is 34.8 Å². The van der Waals surface area contributed by atoms with Gasteiger partial charge in [0.1, 0.15) is 11.6 Å².